The van der Waals surface area contributed by atoms with E-state index in [0.717, 1.165) is 23.0 Å². The Morgan fingerprint density at radius 3 is 2.82 bits per heavy atom. The van der Waals surface area contributed by atoms with Crippen molar-refractivity contribution in [1.82, 2.24) is 4.90 Å². The first-order valence-electron chi connectivity index (χ1n) is 5.41. The number of nitrogens with zero attached hydrogens (tertiary/aromatic N) is 1. The average Bonchev–Trinajstić information content (AvgIpc) is 2.23. The summed E-state index contributed by atoms with van der Waals surface area (Å²) in [5, 5.41) is 9.49. The minimum Gasteiger partial charge on any atom is -0.480 e. The minimum atomic E-state index is -0.809. The highest BCUT2D eigenvalue weighted by molar-refractivity contribution is 9.10. The van der Waals surface area contributed by atoms with Crippen molar-refractivity contribution in [3.05, 3.63) is 33.3 Å². The molecule has 0 aromatic heterocycles. The predicted molar refractivity (Wildman–Crippen MR) is 72.4 cm³/mol. The lowest BCUT2D eigenvalue weighted by Gasteiger charge is -2.20. The van der Waals surface area contributed by atoms with E-state index in [0.29, 0.717) is 11.6 Å². The molecule has 0 bridgehead atoms. The summed E-state index contributed by atoms with van der Waals surface area (Å²) in [6, 6.07) is 5.54. The van der Waals surface area contributed by atoms with Crippen molar-refractivity contribution in [3.8, 4) is 0 Å². The number of aliphatic carboxylic acids is 1. The summed E-state index contributed by atoms with van der Waals surface area (Å²) >= 11 is 9.37. The fraction of sp³-hybridized carbons (Fsp3) is 0.417. The van der Waals surface area contributed by atoms with Crippen LogP contribution in [0.15, 0.2) is 22.7 Å². The number of halogens is 2. The van der Waals surface area contributed by atoms with E-state index in [-0.39, 0.29) is 6.54 Å². The monoisotopic (exact) mass is 319 g/mol. The lowest BCUT2D eigenvalue weighted by atomic mass is 10.2. The lowest BCUT2D eigenvalue weighted by Crippen LogP contribution is -2.30. The molecular formula is C12H15BrClNO2. The quantitative estimate of drug-likeness (QED) is 0.873. The molecule has 1 aromatic rings. The summed E-state index contributed by atoms with van der Waals surface area (Å²) < 4.78 is 0.952. The van der Waals surface area contributed by atoms with Gasteiger partial charge in [0.25, 0.3) is 0 Å². The Balaban J connectivity index is 2.77. The lowest BCUT2D eigenvalue weighted by molar-refractivity contribution is -0.138. The van der Waals surface area contributed by atoms with Gasteiger partial charge in [-0.25, -0.2) is 0 Å². The Hall–Kier alpha value is -0.580. The van der Waals surface area contributed by atoms with Crippen LogP contribution in [-0.4, -0.2) is 29.1 Å². The molecule has 1 aromatic carbocycles. The Morgan fingerprint density at radius 1 is 1.53 bits per heavy atom. The summed E-state index contributed by atoms with van der Waals surface area (Å²) in [5.74, 6) is -0.809. The Labute approximate surface area is 115 Å². The first-order chi connectivity index (χ1) is 8.02. The molecule has 0 unspecified atom stereocenters. The van der Waals surface area contributed by atoms with Crippen molar-refractivity contribution >= 4 is 33.5 Å². The van der Waals surface area contributed by atoms with E-state index in [1.54, 1.807) is 6.07 Å². The molecule has 94 valence electrons. The maximum absolute atomic E-state index is 10.7. The van der Waals surface area contributed by atoms with Crippen LogP contribution in [0.5, 0.6) is 0 Å². The summed E-state index contributed by atoms with van der Waals surface area (Å²) in [6.45, 7) is 3.42. The van der Waals surface area contributed by atoms with Crippen molar-refractivity contribution in [2.24, 2.45) is 0 Å². The van der Waals surface area contributed by atoms with Gasteiger partial charge in [0.05, 0.1) is 6.54 Å². The summed E-state index contributed by atoms with van der Waals surface area (Å²) in [4.78, 5) is 12.6. The maximum atomic E-state index is 10.7. The van der Waals surface area contributed by atoms with Gasteiger partial charge in [0.1, 0.15) is 0 Å². The van der Waals surface area contributed by atoms with E-state index >= 15 is 0 Å². The fourth-order valence-electron chi connectivity index (χ4n) is 1.63. The van der Waals surface area contributed by atoms with Gasteiger partial charge in [0, 0.05) is 16.0 Å². The summed E-state index contributed by atoms with van der Waals surface area (Å²) in [5.41, 5.74) is 1.01. The van der Waals surface area contributed by atoms with E-state index in [2.05, 4.69) is 15.9 Å². The molecule has 0 atom stereocenters. The molecule has 0 aliphatic carbocycles. The molecule has 0 saturated carbocycles. The molecule has 17 heavy (non-hydrogen) atoms. The molecule has 0 saturated heterocycles. The van der Waals surface area contributed by atoms with E-state index in [9.17, 15) is 4.79 Å². The van der Waals surface area contributed by atoms with Crippen LogP contribution in [0.1, 0.15) is 18.9 Å². The second-order valence-electron chi connectivity index (χ2n) is 3.84. The fourth-order valence-corrected chi connectivity index (χ4v) is 2.19. The van der Waals surface area contributed by atoms with Gasteiger partial charge in [0.2, 0.25) is 0 Å². The van der Waals surface area contributed by atoms with Crippen LogP contribution in [0, 0.1) is 0 Å². The summed E-state index contributed by atoms with van der Waals surface area (Å²) in [6.07, 6.45) is 0.922. The molecular weight excluding hydrogens is 305 g/mol. The van der Waals surface area contributed by atoms with E-state index in [1.165, 1.54) is 0 Å². The Kier molecular flexibility index (Phi) is 5.95. The van der Waals surface area contributed by atoms with Gasteiger partial charge in [-0.05, 0) is 36.7 Å². The van der Waals surface area contributed by atoms with Gasteiger partial charge >= 0.3 is 5.97 Å². The van der Waals surface area contributed by atoms with Crippen molar-refractivity contribution in [2.75, 3.05) is 13.1 Å². The first kappa shape index (κ1) is 14.5. The SMILES string of the molecule is CCCN(CC(=O)O)Cc1cc(Cl)ccc1Br. The van der Waals surface area contributed by atoms with Crippen molar-refractivity contribution in [3.63, 3.8) is 0 Å². The van der Waals surface area contributed by atoms with Gasteiger partial charge in [0.15, 0.2) is 0 Å². The predicted octanol–water partition coefficient (Wildman–Crippen LogP) is 3.40. The van der Waals surface area contributed by atoms with Crippen molar-refractivity contribution in [1.29, 1.82) is 0 Å². The van der Waals surface area contributed by atoms with Gasteiger partial charge < -0.3 is 5.11 Å². The van der Waals surface area contributed by atoms with Crippen LogP contribution in [0.4, 0.5) is 0 Å². The molecule has 0 spiro atoms. The molecule has 1 rings (SSSR count). The van der Waals surface area contributed by atoms with Crippen molar-refractivity contribution in [2.45, 2.75) is 19.9 Å². The molecule has 5 heteroatoms. The Bertz CT molecular complexity index is 398. The van der Waals surface area contributed by atoms with E-state index in [4.69, 9.17) is 16.7 Å². The van der Waals surface area contributed by atoms with Gasteiger partial charge in [-0.15, -0.1) is 0 Å². The second kappa shape index (κ2) is 6.99. The number of carbonyl (C=O) groups is 1. The zero-order valence-electron chi connectivity index (χ0n) is 9.62. The van der Waals surface area contributed by atoms with Gasteiger partial charge in [-0.1, -0.05) is 34.5 Å². The number of hydrogen-bond donors (Lipinski definition) is 1. The van der Waals surface area contributed by atoms with Crippen LogP contribution in [0.3, 0.4) is 0 Å². The first-order valence-corrected chi connectivity index (χ1v) is 6.58. The minimum absolute atomic E-state index is 0.0484. The van der Waals surface area contributed by atoms with Crippen LogP contribution in [0.25, 0.3) is 0 Å². The van der Waals surface area contributed by atoms with E-state index in [1.807, 2.05) is 24.0 Å². The third-order valence-electron chi connectivity index (χ3n) is 2.30. The highest BCUT2D eigenvalue weighted by Gasteiger charge is 2.11. The maximum Gasteiger partial charge on any atom is 0.317 e. The van der Waals surface area contributed by atoms with Crippen molar-refractivity contribution < 1.29 is 9.90 Å². The van der Waals surface area contributed by atoms with E-state index < -0.39 is 5.97 Å². The number of rotatable bonds is 6. The van der Waals surface area contributed by atoms with Gasteiger partial charge in [-0.2, -0.15) is 0 Å². The molecule has 1 N–H and O–H groups in total. The van der Waals surface area contributed by atoms with Crippen LogP contribution in [-0.2, 0) is 11.3 Å². The van der Waals surface area contributed by atoms with Gasteiger partial charge in [-0.3, -0.25) is 9.69 Å². The molecule has 0 aliphatic heterocycles. The third kappa shape index (κ3) is 5.06. The molecule has 0 amide bonds. The van der Waals surface area contributed by atoms with Crippen LogP contribution >= 0.6 is 27.5 Å². The average molecular weight is 321 g/mol. The highest BCUT2D eigenvalue weighted by Crippen LogP contribution is 2.22. The normalized spacial score (nSPS) is 10.8. The smallest absolute Gasteiger partial charge is 0.317 e. The highest BCUT2D eigenvalue weighted by atomic mass is 79.9. The number of hydrogen-bond acceptors (Lipinski definition) is 2. The van der Waals surface area contributed by atoms with Crippen LogP contribution in [0.2, 0.25) is 5.02 Å². The zero-order valence-corrected chi connectivity index (χ0v) is 12.0. The number of carboxylic acid groups (broad SMARTS) is 1. The zero-order chi connectivity index (χ0) is 12.8. The summed E-state index contributed by atoms with van der Waals surface area (Å²) in [7, 11) is 0. The largest absolute Gasteiger partial charge is 0.480 e. The molecule has 0 radical (unpaired) electrons. The molecule has 0 aliphatic rings. The Morgan fingerprint density at radius 2 is 2.24 bits per heavy atom. The third-order valence-corrected chi connectivity index (χ3v) is 3.31. The van der Waals surface area contributed by atoms with Crippen LogP contribution < -0.4 is 0 Å². The number of carboxylic acids is 1. The molecule has 0 heterocycles. The number of benzene rings is 1. The topological polar surface area (TPSA) is 40.5 Å². The second-order valence-corrected chi connectivity index (χ2v) is 5.13. The standard InChI is InChI=1S/C12H15BrClNO2/c1-2-5-15(8-12(16)17)7-9-6-10(14)3-4-11(9)13/h3-4,6H,2,5,7-8H2,1H3,(H,16,17). The molecule has 3 nitrogen and oxygen atoms in total. The molecule has 0 fully saturated rings.